The van der Waals surface area contributed by atoms with Crippen molar-refractivity contribution in [1.29, 1.82) is 0 Å². The van der Waals surface area contributed by atoms with Crippen LogP contribution in [0, 0.1) is 20.8 Å². The zero-order valence-corrected chi connectivity index (χ0v) is 19.1. The molecule has 0 fully saturated rings. The summed E-state index contributed by atoms with van der Waals surface area (Å²) in [5.41, 5.74) is 8.55. The Morgan fingerprint density at radius 1 is 0.871 bits per heavy atom. The van der Waals surface area contributed by atoms with Gasteiger partial charge in [-0.25, -0.2) is 0 Å². The molecule has 0 radical (unpaired) electrons. The molecule has 0 bridgehead atoms. The number of aryl methyl sites for hydroxylation is 3. The quantitative estimate of drug-likeness (QED) is 0.341. The molecule has 0 aliphatic carbocycles. The van der Waals surface area contributed by atoms with Gasteiger partial charge in [0.05, 0.1) is 0 Å². The summed E-state index contributed by atoms with van der Waals surface area (Å²) in [6.45, 7) is 13.7. The van der Waals surface area contributed by atoms with Crippen LogP contribution in [0.1, 0.15) is 40.3 Å². The molecule has 0 aliphatic heterocycles. The Morgan fingerprint density at radius 3 is 2.35 bits per heavy atom. The normalized spacial score (nSPS) is 11.0. The van der Waals surface area contributed by atoms with E-state index in [1.807, 2.05) is 30.3 Å². The molecule has 3 aromatic carbocycles. The summed E-state index contributed by atoms with van der Waals surface area (Å²) in [7, 11) is 0. The molecule has 2 heteroatoms. The molecular weight excluding hydrogens is 380 g/mol. The van der Waals surface area contributed by atoms with Gasteiger partial charge in [0, 0.05) is 6.07 Å². The van der Waals surface area contributed by atoms with E-state index in [1.54, 1.807) is 0 Å². The summed E-state index contributed by atoms with van der Waals surface area (Å²) < 4.78 is 12.0. The third-order valence-corrected chi connectivity index (χ3v) is 5.41. The second kappa shape index (κ2) is 10.7. The third kappa shape index (κ3) is 6.36. The number of rotatable bonds is 9. The van der Waals surface area contributed by atoms with Gasteiger partial charge in [0.2, 0.25) is 0 Å². The van der Waals surface area contributed by atoms with E-state index in [1.165, 1.54) is 33.4 Å². The van der Waals surface area contributed by atoms with Crippen molar-refractivity contribution in [2.75, 3.05) is 6.61 Å². The maximum absolute atomic E-state index is 6.05. The van der Waals surface area contributed by atoms with Gasteiger partial charge in [-0.1, -0.05) is 73.7 Å². The van der Waals surface area contributed by atoms with Crippen LogP contribution < -0.4 is 9.47 Å². The van der Waals surface area contributed by atoms with Crippen molar-refractivity contribution in [2.24, 2.45) is 0 Å². The average molecular weight is 413 g/mol. The van der Waals surface area contributed by atoms with E-state index in [0.717, 1.165) is 23.5 Å². The van der Waals surface area contributed by atoms with Crippen molar-refractivity contribution in [1.82, 2.24) is 0 Å². The first-order valence-electron chi connectivity index (χ1n) is 10.8. The van der Waals surface area contributed by atoms with Crippen molar-refractivity contribution < 1.29 is 9.47 Å². The van der Waals surface area contributed by atoms with E-state index < -0.39 is 0 Å². The van der Waals surface area contributed by atoms with Gasteiger partial charge in [-0.3, -0.25) is 0 Å². The average Bonchev–Trinajstić information content (AvgIpc) is 2.76. The Morgan fingerprint density at radius 2 is 1.61 bits per heavy atom. The Balaban J connectivity index is 1.56. The molecule has 0 unspecified atom stereocenters. The Labute approximate surface area is 186 Å². The molecule has 0 atom stereocenters. The lowest BCUT2D eigenvalue weighted by molar-refractivity contribution is 0.300. The van der Waals surface area contributed by atoms with E-state index >= 15 is 0 Å². The van der Waals surface area contributed by atoms with Crippen LogP contribution in [0.3, 0.4) is 0 Å². The molecule has 3 rings (SSSR count). The van der Waals surface area contributed by atoms with E-state index in [2.05, 4.69) is 76.7 Å². The van der Waals surface area contributed by atoms with Crippen LogP contribution in [-0.4, -0.2) is 6.61 Å². The first-order chi connectivity index (χ1) is 15.0. The molecule has 160 valence electrons. The lowest BCUT2D eigenvalue weighted by Crippen LogP contribution is -2.02. The summed E-state index contributed by atoms with van der Waals surface area (Å²) >= 11 is 0. The summed E-state index contributed by atoms with van der Waals surface area (Å²) in [5, 5.41) is 0. The van der Waals surface area contributed by atoms with Crippen LogP contribution in [0.25, 0.3) is 6.08 Å². The van der Waals surface area contributed by atoms with Crippen molar-refractivity contribution >= 4 is 6.08 Å². The van der Waals surface area contributed by atoms with Gasteiger partial charge < -0.3 is 9.47 Å². The van der Waals surface area contributed by atoms with Crippen LogP contribution in [0.5, 0.6) is 11.5 Å². The molecule has 31 heavy (non-hydrogen) atoms. The molecule has 2 nitrogen and oxygen atoms in total. The minimum Gasteiger partial charge on any atom is -0.489 e. The lowest BCUT2D eigenvalue weighted by Gasteiger charge is -2.13. The summed E-state index contributed by atoms with van der Waals surface area (Å²) in [5.74, 6) is 1.58. The zero-order valence-electron chi connectivity index (χ0n) is 19.1. The fourth-order valence-electron chi connectivity index (χ4n) is 3.66. The van der Waals surface area contributed by atoms with Crippen LogP contribution in [0.4, 0.5) is 0 Å². The van der Waals surface area contributed by atoms with Gasteiger partial charge in [0.1, 0.15) is 24.7 Å². The number of hydrogen-bond donors (Lipinski definition) is 0. The monoisotopic (exact) mass is 412 g/mol. The highest BCUT2D eigenvalue weighted by Crippen LogP contribution is 2.23. The number of ether oxygens (including phenoxy) is 2. The summed E-state index contributed by atoms with van der Waals surface area (Å²) in [6.07, 6.45) is 5.11. The third-order valence-electron chi connectivity index (χ3n) is 5.41. The van der Waals surface area contributed by atoms with Crippen LogP contribution in [-0.2, 0) is 13.0 Å². The maximum atomic E-state index is 6.05. The van der Waals surface area contributed by atoms with E-state index in [-0.39, 0.29) is 0 Å². The zero-order chi connectivity index (χ0) is 22.2. The Bertz CT molecular complexity index is 1080. The second-order valence-corrected chi connectivity index (χ2v) is 7.97. The van der Waals surface area contributed by atoms with Gasteiger partial charge >= 0.3 is 0 Å². The van der Waals surface area contributed by atoms with Crippen LogP contribution in [0.15, 0.2) is 78.9 Å². The summed E-state index contributed by atoms with van der Waals surface area (Å²) in [4.78, 5) is 0. The van der Waals surface area contributed by atoms with E-state index in [9.17, 15) is 0 Å². The topological polar surface area (TPSA) is 18.5 Å². The highest BCUT2D eigenvalue weighted by Gasteiger charge is 2.05. The van der Waals surface area contributed by atoms with Gasteiger partial charge in [-0.05, 0) is 72.7 Å². The predicted molar refractivity (Wildman–Crippen MR) is 131 cm³/mol. The minimum absolute atomic E-state index is 0.433. The lowest BCUT2D eigenvalue weighted by atomic mass is 10.0. The molecular formula is C29H32O2. The van der Waals surface area contributed by atoms with Crippen molar-refractivity contribution in [2.45, 2.75) is 40.7 Å². The molecule has 0 saturated heterocycles. The van der Waals surface area contributed by atoms with Gasteiger partial charge in [-0.15, -0.1) is 0 Å². The molecule has 0 aromatic heterocycles. The molecule has 0 saturated carbocycles. The van der Waals surface area contributed by atoms with E-state index in [0.29, 0.717) is 13.2 Å². The molecule has 3 aromatic rings. The fraction of sp³-hybridized carbons (Fsp3) is 0.241. The first-order valence-corrected chi connectivity index (χ1v) is 10.8. The molecule has 0 heterocycles. The standard InChI is InChI=1S/C29H32O2/c1-6-29-23(4)9-7-10-26(29)20-31-28-12-8-11-27(18-28)30-19-22(3)14-16-25-15-13-21(2)17-24(25)5/h7-18H,3,6,19-20H2,1-2,4-5H3/b16-14-. The van der Waals surface area contributed by atoms with Gasteiger partial charge in [0.15, 0.2) is 0 Å². The van der Waals surface area contributed by atoms with Crippen molar-refractivity contribution in [3.8, 4) is 11.5 Å². The number of benzene rings is 3. The van der Waals surface area contributed by atoms with Crippen molar-refractivity contribution in [3.63, 3.8) is 0 Å². The molecule has 0 amide bonds. The largest absolute Gasteiger partial charge is 0.489 e. The van der Waals surface area contributed by atoms with Crippen molar-refractivity contribution in [3.05, 3.63) is 112 Å². The van der Waals surface area contributed by atoms with E-state index in [4.69, 9.17) is 9.47 Å². The summed E-state index contributed by atoms with van der Waals surface area (Å²) in [6, 6.07) is 20.6. The highest BCUT2D eigenvalue weighted by atomic mass is 16.5. The Hall–Kier alpha value is -3.26. The maximum Gasteiger partial charge on any atom is 0.123 e. The molecule has 0 spiro atoms. The fourth-order valence-corrected chi connectivity index (χ4v) is 3.66. The number of hydrogen-bond acceptors (Lipinski definition) is 2. The first kappa shape index (κ1) is 22.4. The van der Waals surface area contributed by atoms with Gasteiger partial charge in [-0.2, -0.15) is 0 Å². The SMILES string of the molecule is C=C(/C=C\c1ccc(C)cc1C)COc1cccc(OCc2cccc(C)c2CC)c1. The smallest absolute Gasteiger partial charge is 0.123 e. The minimum atomic E-state index is 0.433. The predicted octanol–water partition coefficient (Wildman–Crippen LogP) is 7.40. The molecule has 0 N–H and O–H groups in total. The molecule has 0 aliphatic rings. The highest BCUT2D eigenvalue weighted by molar-refractivity contribution is 5.57. The Kier molecular flexibility index (Phi) is 7.72. The van der Waals surface area contributed by atoms with Crippen LogP contribution >= 0.6 is 0 Å². The van der Waals surface area contributed by atoms with Crippen LogP contribution in [0.2, 0.25) is 0 Å². The van der Waals surface area contributed by atoms with Gasteiger partial charge in [0.25, 0.3) is 0 Å². The second-order valence-electron chi connectivity index (χ2n) is 7.97.